The fourth-order valence-electron chi connectivity index (χ4n) is 2.05. The first-order valence-electron chi connectivity index (χ1n) is 6.78. The van der Waals surface area contributed by atoms with E-state index in [0.29, 0.717) is 17.9 Å². The number of nitrogens with zero attached hydrogens (tertiary/aromatic N) is 3. The number of fused-ring (bicyclic) bond motifs is 1. The zero-order chi connectivity index (χ0) is 16.1. The van der Waals surface area contributed by atoms with Crippen LogP contribution in [0, 0.1) is 6.92 Å². The second-order valence-corrected chi connectivity index (χ2v) is 4.85. The first-order valence-corrected chi connectivity index (χ1v) is 6.78. The van der Waals surface area contributed by atoms with Crippen LogP contribution < -0.4 is 5.32 Å². The SMILES string of the molecule is COCC(C)NC(=O)COC(=O)c1c(C)nn2cccnc12. The van der Waals surface area contributed by atoms with Gasteiger partial charge in [0.05, 0.1) is 12.3 Å². The first-order chi connectivity index (χ1) is 10.5. The Morgan fingerprint density at radius 3 is 2.95 bits per heavy atom. The predicted molar refractivity (Wildman–Crippen MR) is 77.5 cm³/mol. The van der Waals surface area contributed by atoms with Crippen LogP contribution in [0.2, 0.25) is 0 Å². The minimum atomic E-state index is -0.624. The zero-order valence-electron chi connectivity index (χ0n) is 12.7. The Balaban J connectivity index is 2.00. The van der Waals surface area contributed by atoms with Crippen molar-refractivity contribution in [3.05, 3.63) is 29.7 Å². The highest BCUT2D eigenvalue weighted by atomic mass is 16.5. The van der Waals surface area contributed by atoms with Gasteiger partial charge in [-0.1, -0.05) is 0 Å². The number of carbonyl (C=O) groups excluding carboxylic acids is 2. The molecule has 1 atom stereocenters. The molecule has 8 heteroatoms. The van der Waals surface area contributed by atoms with Gasteiger partial charge < -0.3 is 14.8 Å². The molecule has 8 nitrogen and oxygen atoms in total. The lowest BCUT2D eigenvalue weighted by Gasteiger charge is -2.12. The average molecular weight is 306 g/mol. The van der Waals surface area contributed by atoms with Gasteiger partial charge in [-0.25, -0.2) is 14.3 Å². The third-order valence-corrected chi connectivity index (χ3v) is 2.93. The fourth-order valence-corrected chi connectivity index (χ4v) is 2.05. The molecule has 22 heavy (non-hydrogen) atoms. The number of ether oxygens (including phenoxy) is 2. The Kier molecular flexibility index (Phi) is 5.05. The maximum atomic E-state index is 12.1. The highest BCUT2D eigenvalue weighted by Crippen LogP contribution is 2.13. The van der Waals surface area contributed by atoms with E-state index in [1.165, 1.54) is 4.52 Å². The van der Waals surface area contributed by atoms with Crippen LogP contribution in [0.25, 0.3) is 5.65 Å². The van der Waals surface area contributed by atoms with Crippen LogP contribution in [0.1, 0.15) is 23.0 Å². The van der Waals surface area contributed by atoms with Gasteiger partial charge in [0, 0.05) is 25.5 Å². The van der Waals surface area contributed by atoms with Gasteiger partial charge in [-0.2, -0.15) is 5.10 Å². The quantitative estimate of drug-likeness (QED) is 0.774. The van der Waals surface area contributed by atoms with Crippen molar-refractivity contribution in [2.24, 2.45) is 0 Å². The molecule has 0 bridgehead atoms. The van der Waals surface area contributed by atoms with E-state index < -0.39 is 5.97 Å². The lowest BCUT2D eigenvalue weighted by molar-refractivity contribution is -0.125. The van der Waals surface area contributed by atoms with Crippen molar-refractivity contribution in [1.82, 2.24) is 19.9 Å². The third-order valence-electron chi connectivity index (χ3n) is 2.93. The highest BCUT2D eigenvalue weighted by molar-refractivity contribution is 5.98. The van der Waals surface area contributed by atoms with Crippen molar-refractivity contribution in [3.63, 3.8) is 0 Å². The zero-order valence-corrected chi connectivity index (χ0v) is 12.7. The summed E-state index contributed by atoms with van der Waals surface area (Å²) in [4.78, 5) is 27.9. The summed E-state index contributed by atoms with van der Waals surface area (Å²) < 4.78 is 11.4. The molecular formula is C14H18N4O4. The van der Waals surface area contributed by atoms with Crippen molar-refractivity contribution >= 4 is 17.5 Å². The Morgan fingerprint density at radius 2 is 2.23 bits per heavy atom. The number of hydrogen-bond donors (Lipinski definition) is 1. The minimum absolute atomic E-state index is 0.156. The van der Waals surface area contributed by atoms with Gasteiger partial charge in [0.25, 0.3) is 5.91 Å². The van der Waals surface area contributed by atoms with E-state index in [9.17, 15) is 9.59 Å². The Labute approximate surface area is 127 Å². The fraction of sp³-hybridized carbons (Fsp3) is 0.429. The summed E-state index contributed by atoms with van der Waals surface area (Å²) in [5, 5.41) is 6.83. The van der Waals surface area contributed by atoms with Gasteiger partial charge in [0.15, 0.2) is 12.3 Å². The third kappa shape index (κ3) is 3.59. The van der Waals surface area contributed by atoms with Crippen molar-refractivity contribution in [3.8, 4) is 0 Å². The summed E-state index contributed by atoms with van der Waals surface area (Å²) >= 11 is 0. The van der Waals surface area contributed by atoms with Crippen LogP contribution in [-0.4, -0.2) is 52.8 Å². The molecule has 0 radical (unpaired) electrons. The second kappa shape index (κ2) is 6.99. The van der Waals surface area contributed by atoms with E-state index in [1.54, 1.807) is 39.4 Å². The van der Waals surface area contributed by atoms with E-state index >= 15 is 0 Å². The summed E-state index contributed by atoms with van der Waals surface area (Å²) in [5.74, 6) is -1.01. The average Bonchev–Trinajstić information content (AvgIpc) is 2.80. The van der Waals surface area contributed by atoms with Crippen LogP contribution in [-0.2, 0) is 14.3 Å². The number of carbonyl (C=O) groups is 2. The van der Waals surface area contributed by atoms with Crippen molar-refractivity contribution in [2.45, 2.75) is 19.9 Å². The van der Waals surface area contributed by atoms with Crippen LogP contribution >= 0.6 is 0 Å². The monoisotopic (exact) mass is 306 g/mol. The summed E-state index contributed by atoms with van der Waals surface area (Å²) in [6.07, 6.45) is 3.25. The normalized spacial score (nSPS) is 12.1. The van der Waals surface area contributed by atoms with Gasteiger partial charge in [-0.05, 0) is 19.9 Å². The van der Waals surface area contributed by atoms with Crippen LogP contribution in [0.3, 0.4) is 0 Å². The molecule has 2 heterocycles. The van der Waals surface area contributed by atoms with E-state index in [0.717, 1.165) is 0 Å². The topological polar surface area (TPSA) is 94.8 Å². The Morgan fingerprint density at radius 1 is 1.45 bits per heavy atom. The molecule has 0 aliphatic heterocycles. The van der Waals surface area contributed by atoms with Crippen molar-refractivity contribution in [2.75, 3.05) is 20.3 Å². The second-order valence-electron chi connectivity index (χ2n) is 4.85. The number of aromatic nitrogens is 3. The van der Waals surface area contributed by atoms with Gasteiger partial charge >= 0.3 is 5.97 Å². The molecule has 0 fully saturated rings. The summed E-state index contributed by atoms with van der Waals surface area (Å²) in [6.45, 7) is 3.50. The molecule has 2 aromatic rings. The molecule has 118 valence electrons. The molecule has 1 N–H and O–H groups in total. The van der Waals surface area contributed by atoms with Gasteiger partial charge in [0.2, 0.25) is 0 Å². The van der Waals surface area contributed by atoms with Gasteiger partial charge in [-0.3, -0.25) is 4.79 Å². The van der Waals surface area contributed by atoms with E-state index in [4.69, 9.17) is 9.47 Å². The molecule has 0 aliphatic rings. The lowest BCUT2D eigenvalue weighted by Crippen LogP contribution is -2.38. The maximum absolute atomic E-state index is 12.1. The number of aryl methyl sites for hydroxylation is 1. The number of esters is 1. The number of nitrogens with one attached hydrogen (secondary N) is 1. The summed E-state index contributed by atoms with van der Waals surface area (Å²) in [5.41, 5.74) is 1.16. The van der Waals surface area contributed by atoms with Crippen LogP contribution in [0.4, 0.5) is 0 Å². The minimum Gasteiger partial charge on any atom is -0.452 e. The van der Waals surface area contributed by atoms with Crippen LogP contribution in [0.5, 0.6) is 0 Å². The van der Waals surface area contributed by atoms with E-state index in [-0.39, 0.29) is 24.1 Å². The molecule has 0 saturated carbocycles. The molecule has 1 unspecified atom stereocenters. The van der Waals surface area contributed by atoms with Crippen LogP contribution in [0.15, 0.2) is 18.5 Å². The maximum Gasteiger partial charge on any atom is 0.344 e. The number of rotatable bonds is 6. The lowest BCUT2D eigenvalue weighted by atomic mass is 10.2. The first kappa shape index (κ1) is 15.9. The Hall–Kier alpha value is -2.48. The van der Waals surface area contributed by atoms with E-state index in [2.05, 4.69) is 15.4 Å². The largest absolute Gasteiger partial charge is 0.452 e. The molecule has 0 spiro atoms. The molecule has 0 aromatic carbocycles. The van der Waals surface area contributed by atoms with Gasteiger partial charge in [0.1, 0.15) is 5.56 Å². The Bertz CT molecular complexity index is 683. The smallest absolute Gasteiger partial charge is 0.344 e. The number of methoxy groups -OCH3 is 1. The molecular weight excluding hydrogens is 288 g/mol. The van der Waals surface area contributed by atoms with E-state index in [1.807, 2.05) is 0 Å². The predicted octanol–water partition coefficient (Wildman–Crippen LogP) is 0.346. The van der Waals surface area contributed by atoms with Crippen molar-refractivity contribution < 1.29 is 19.1 Å². The summed E-state index contributed by atoms with van der Waals surface area (Å²) in [7, 11) is 1.55. The standard InChI is InChI=1S/C14H18N4O4/c1-9(7-21-3)16-11(19)8-22-14(20)12-10(2)17-18-6-4-5-15-13(12)18/h4-6,9H,7-8H2,1-3H3,(H,16,19). The van der Waals surface area contributed by atoms with Gasteiger partial charge in [-0.15, -0.1) is 0 Å². The number of hydrogen-bond acceptors (Lipinski definition) is 6. The summed E-state index contributed by atoms with van der Waals surface area (Å²) in [6, 6.07) is 1.55. The molecule has 0 aliphatic carbocycles. The molecule has 2 aromatic heterocycles. The number of amides is 1. The molecule has 1 amide bonds. The van der Waals surface area contributed by atoms with Crippen molar-refractivity contribution in [1.29, 1.82) is 0 Å². The highest BCUT2D eigenvalue weighted by Gasteiger charge is 2.20. The molecule has 2 rings (SSSR count). The molecule has 0 saturated heterocycles.